The molecule has 3 aromatic heterocycles. The number of esters is 2. The molecule has 3 fully saturated rings. The molecule has 730 valence electrons. The van der Waals surface area contributed by atoms with E-state index in [1.165, 1.54) is 29.5 Å². The van der Waals surface area contributed by atoms with Crippen LogP contribution in [0.1, 0.15) is 188 Å². The number of fused-ring (bicyclic) bond motifs is 6. The molecule has 0 spiro atoms. The molecule has 2 aromatic carbocycles. The van der Waals surface area contributed by atoms with E-state index in [0.29, 0.717) is 222 Å². The van der Waals surface area contributed by atoms with Crippen LogP contribution in [-0.4, -0.2) is 287 Å². The van der Waals surface area contributed by atoms with Crippen molar-refractivity contribution in [2.75, 3.05) is 153 Å². The number of allylic oxidation sites excluding steroid dienone is 5. The summed E-state index contributed by atoms with van der Waals surface area (Å²) in [4.78, 5) is 98.4. The van der Waals surface area contributed by atoms with E-state index in [9.17, 15) is 44.1 Å². The lowest BCUT2D eigenvalue weighted by molar-refractivity contribution is -0.265. The van der Waals surface area contributed by atoms with Crippen molar-refractivity contribution in [3.63, 3.8) is 0 Å². The van der Waals surface area contributed by atoms with Crippen molar-refractivity contribution in [2.24, 2.45) is 35.5 Å². The molecular formula is C98H149N9O24. The molecule has 2 bridgehead atoms. The van der Waals surface area contributed by atoms with Gasteiger partial charge in [0.1, 0.15) is 53.8 Å². The second kappa shape index (κ2) is 56.7. The van der Waals surface area contributed by atoms with Gasteiger partial charge in [-0.05, 0) is 168 Å². The highest BCUT2D eigenvalue weighted by Gasteiger charge is 2.53. The highest BCUT2D eigenvalue weighted by Crippen LogP contribution is 2.40. The number of nitrogens with zero attached hydrogens (tertiary/aromatic N) is 7. The molecule has 33 nitrogen and oxygen atoms in total. The average Bonchev–Trinajstić information content (AvgIpc) is 1.61. The maximum absolute atomic E-state index is 14.6. The summed E-state index contributed by atoms with van der Waals surface area (Å²) in [6.07, 6.45) is 16.1. The van der Waals surface area contributed by atoms with Crippen molar-refractivity contribution in [3.05, 3.63) is 107 Å². The predicted molar refractivity (Wildman–Crippen MR) is 495 cm³/mol. The van der Waals surface area contributed by atoms with Gasteiger partial charge in [-0.15, -0.1) is 0 Å². The number of nitrogen functional groups attached to an aromatic ring is 2. The molecule has 2 amide bonds. The molecule has 5 aliphatic rings. The Morgan fingerprint density at radius 2 is 1.37 bits per heavy atom. The van der Waals surface area contributed by atoms with Crippen LogP contribution in [0, 0.1) is 35.5 Å². The first-order valence-electron chi connectivity index (χ1n) is 46.9. The van der Waals surface area contributed by atoms with Gasteiger partial charge in [-0.25, -0.2) is 19.4 Å². The zero-order valence-corrected chi connectivity index (χ0v) is 79.8. The Morgan fingerprint density at radius 3 is 2.05 bits per heavy atom. The highest BCUT2D eigenvalue weighted by molar-refractivity contribution is 6.39. The number of oxazole rings is 1. The Balaban J connectivity index is 0.000000294. The Kier molecular flexibility index (Phi) is 46.8. The molecule has 16 atom stereocenters. The summed E-state index contributed by atoms with van der Waals surface area (Å²) in [6, 6.07) is 10.9. The van der Waals surface area contributed by atoms with Gasteiger partial charge in [0.05, 0.1) is 115 Å². The first-order valence-corrected chi connectivity index (χ1v) is 46.9. The number of piperidine rings is 1. The summed E-state index contributed by atoms with van der Waals surface area (Å²) < 4.78 is 85.0. The minimum Gasteiger partial charge on any atom is -0.460 e. The van der Waals surface area contributed by atoms with Crippen LogP contribution < -0.4 is 11.5 Å². The van der Waals surface area contributed by atoms with Crippen LogP contribution in [0.25, 0.3) is 33.4 Å². The van der Waals surface area contributed by atoms with Gasteiger partial charge in [0.15, 0.2) is 17.0 Å². The van der Waals surface area contributed by atoms with Crippen LogP contribution in [-0.2, 0) is 115 Å². The molecule has 131 heavy (non-hydrogen) atoms. The Labute approximate surface area is 773 Å². The third-order valence-corrected chi connectivity index (χ3v) is 24.9. The topological polar surface area (TPSA) is 420 Å². The monoisotopic (exact) mass is 1840 g/mol. The van der Waals surface area contributed by atoms with Gasteiger partial charge in [0.25, 0.3) is 17.7 Å². The number of anilines is 2. The minimum atomic E-state index is -2.44. The lowest BCUT2D eigenvalue weighted by Crippen LogP contribution is -2.61. The Hall–Kier alpha value is -8.36. The van der Waals surface area contributed by atoms with Crippen molar-refractivity contribution in [2.45, 2.75) is 252 Å². The molecule has 7 heterocycles. The van der Waals surface area contributed by atoms with Crippen molar-refractivity contribution < 1.29 is 115 Å². The fourth-order valence-electron chi connectivity index (χ4n) is 17.3. The SMILES string of the molecule is CCCOCCC(=O)N1CCc2cc(Cn3nc(-c4ccc5oc(N)nc5c4)c4c(N)ncnc43)ccc2C1.CCCOCCOCCOCCOCCOCCOC.COCCCC(=O)O[C@@H]1CC[C@@H](C[C@@H](C)[C@@H]2C[C@@H](O)[C@H](C)/C=C(\C)[C@@H](O)[C@@H](OC)C(=O)[C@H](C)C[C@H](C)/C=C/C=C/C=C(\C)[C@@H](OC)C[C@@H]3CC[C@@H](C)[C@@](O)(O3)C(=O)C(=O)N3CCCC[C@H]3C(=O)O2)C[C@H]1OC. The Bertz CT molecular complexity index is 4440. The zero-order valence-electron chi connectivity index (χ0n) is 79.8. The van der Waals surface area contributed by atoms with E-state index >= 15 is 0 Å². The largest absolute Gasteiger partial charge is 0.460 e. The quantitative estimate of drug-likeness (QED) is 0.0108. The molecular weight excluding hydrogens is 1690 g/mol. The van der Waals surface area contributed by atoms with E-state index in [-0.39, 0.29) is 73.3 Å². The number of carbonyl (C=O) groups excluding carboxylic acids is 6. The van der Waals surface area contributed by atoms with E-state index in [1.54, 1.807) is 55.3 Å². The third kappa shape index (κ3) is 33.3. The van der Waals surface area contributed by atoms with E-state index in [0.717, 1.165) is 42.6 Å². The minimum absolute atomic E-state index is 0.0103. The average molecular weight is 1840 g/mol. The summed E-state index contributed by atoms with van der Waals surface area (Å²) in [6.45, 7) is 27.3. The number of methoxy groups -OCH3 is 5. The normalized spacial score (nSPS) is 26.8. The van der Waals surface area contributed by atoms with E-state index in [4.69, 9.17) is 87.3 Å². The molecule has 7 N–H and O–H groups in total. The number of nitrogens with two attached hydrogens (primary N) is 2. The highest BCUT2D eigenvalue weighted by atomic mass is 16.6. The molecule has 10 rings (SSSR count). The van der Waals surface area contributed by atoms with Crippen LogP contribution >= 0.6 is 0 Å². The molecule has 1 saturated carbocycles. The molecule has 2 saturated heterocycles. The number of ketones is 2. The Morgan fingerprint density at radius 1 is 0.687 bits per heavy atom. The van der Waals surface area contributed by atoms with Crippen LogP contribution in [0.4, 0.5) is 11.8 Å². The molecule has 4 aliphatic heterocycles. The fourth-order valence-corrected chi connectivity index (χ4v) is 17.3. The van der Waals surface area contributed by atoms with Crippen LogP contribution in [0.3, 0.4) is 0 Å². The van der Waals surface area contributed by atoms with Crippen molar-refractivity contribution in [3.8, 4) is 11.3 Å². The van der Waals surface area contributed by atoms with Crippen LogP contribution in [0.5, 0.6) is 0 Å². The number of aliphatic hydroxyl groups is 3. The van der Waals surface area contributed by atoms with Crippen molar-refractivity contribution >= 4 is 69.3 Å². The summed E-state index contributed by atoms with van der Waals surface area (Å²) >= 11 is 0. The number of amides is 2. The van der Waals surface area contributed by atoms with Gasteiger partial charge in [-0.2, -0.15) is 10.1 Å². The lowest BCUT2D eigenvalue weighted by Gasteiger charge is -2.43. The molecule has 5 aromatic rings. The van der Waals surface area contributed by atoms with Gasteiger partial charge in [-0.1, -0.05) is 103 Å². The summed E-state index contributed by atoms with van der Waals surface area (Å²) in [5, 5.41) is 41.0. The third-order valence-electron chi connectivity index (χ3n) is 24.9. The number of hydrogen-bond donors (Lipinski definition) is 5. The van der Waals surface area contributed by atoms with Crippen molar-refractivity contribution in [1.29, 1.82) is 0 Å². The maximum Gasteiger partial charge on any atom is 0.329 e. The van der Waals surface area contributed by atoms with Crippen molar-refractivity contribution in [1.82, 2.24) is 34.5 Å². The number of cyclic esters (lactones) is 1. The number of hydrogen-bond acceptors (Lipinski definition) is 30. The standard InChI is InChI=1S/C56H89NO15.C28H30N8O3.C14H30O6/c1-34-18-13-12-14-19-35(2)46(67-9)32-42-24-22-40(7)56(65,72-42)53(62)54(63)57-26-16-15-20-43(57)55(64)71-47(33-44(58)36(3)29-39(6)51(61)52(69-11)50(60)38(5)28-34)37(4)30-41-23-25-45(48(31-41)68-10)70-49(59)21-17-27-66-8;1-2-10-38-11-8-23(37)35-9-7-18-12-17(3-4-20(18)15-35)14-36-27-24(26(29)31-16-32-27)25(34-36)19-5-6-22-21(13-19)33-28(30)39-22;1-3-4-16-7-8-18-11-12-20-14-13-19-10-9-17-6-5-15-2/h12-14,18-19,29,34,36-38,40-48,51-52,58,61,65H,15-17,20-28,30-33H2,1-11H3;3-6,12-13,16H,2,7-11,14-15H2,1H3,(H2,30,33)(H2,29,31,32);3-14H2,1-2H3/b14-12+,18-13+,35-19+,39-29+;;/t34-,36-,37-,38-,40-,41+,42+,43+,44-,45-,46+,47+,48-,51-,52+,56-;;/m1../s1. The van der Waals surface area contributed by atoms with Gasteiger partial charge < -0.3 is 107 Å². The van der Waals surface area contributed by atoms with Gasteiger partial charge in [-0.3, -0.25) is 24.0 Å². The van der Waals surface area contributed by atoms with Gasteiger partial charge >= 0.3 is 11.9 Å². The predicted octanol–water partition coefficient (Wildman–Crippen LogP) is 11.6. The number of Topliss-reactive ketones (excluding diaryl/α,β-unsaturated/α-hetero) is 2. The number of aliphatic hydroxyl groups excluding tert-OH is 2. The number of ether oxygens (including phenoxy) is 14. The number of carbonyl (C=O) groups is 6. The van der Waals surface area contributed by atoms with Gasteiger partial charge in [0, 0.05) is 118 Å². The second-order valence-corrected chi connectivity index (χ2v) is 35.1. The number of aromatic nitrogens is 5. The van der Waals surface area contributed by atoms with E-state index < -0.39 is 90.0 Å². The number of rotatable bonds is 36. The van der Waals surface area contributed by atoms with Crippen LogP contribution in [0.2, 0.25) is 0 Å². The summed E-state index contributed by atoms with van der Waals surface area (Å²) in [7, 11) is 7.80. The van der Waals surface area contributed by atoms with E-state index in [1.807, 2.05) is 85.9 Å². The van der Waals surface area contributed by atoms with Gasteiger partial charge in [0.2, 0.25) is 11.7 Å². The maximum atomic E-state index is 14.6. The second-order valence-electron chi connectivity index (χ2n) is 35.1. The number of benzene rings is 2. The smallest absolute Gasteiger partial charge is 0.329 e. The van der Waals surface area contributed by atoms with E-state index in [2.05, 4.69) is 47.0 Å². The first-order chi connectivity index (χ1) is 63.1. The zero-order chi connectivity index (χ0) is 94.9. The molecule has 33 heteroatoms. The van der Waals surface area contributed by atoms with Crippen LogP contribution in [0.15, 0.2) is 94.7 Å². The summed E-state index contributed by atoms with van der Waals surface area (Å²) in [5.74, 6) is -7.33. The lowest BCUT2D eigenvalue weighted by atomic mass is 9.78. The fraction of sp³-hybridized carbons (Fsp3) is 0.673. The molecule has 0 radical (unpaired) electrons. The molecule has 1 aliphatic carbocycles. The first kappa shape index (κ1) is 108. The summed E-state index contributed by atoms with van der Waals surface area (Å²) in [5.41, 5.74) is 20.2. The molecule has 0 unspecified atom stereocenters.